The average molecular weight is 417 g/mol. The minimum atomic E-state index is 0.0364. The topological polar surface area (TPSA) is 23.6 Å². The summed E-state index contributed by atoms with van der Waals surface area (Å²) >= 11 is 12.3. The fraction of sp³-hybridized carbons (Fsp3) is 0.435. The summed E-state index contributed by atoms with van der Waals surface area (Å²) in [5.41, 5.74) is 1.83. The molecule has 0 unspecified atom stereocenters. The number of hydrogen-bond donors (Lipinski definition) is 0. The number of piperidine rings is 1. The van der Waals surface area contributed by atoms with Crippen LogP contribution in [0.25, 0.3) is 0 Å². The van der Waals surface area contributed by atoms with Crippen molar-refractivity contribution in [1.82, 2.24) is 9.80 Å². The second-order valence-corrected chi connectivity index (χ2v) is 8.94. The highest BCUT2D eigenvalue weighted by atomic mass is 35.5. The van der Waals surface area contributed by atoms with Gasteiger partial charge in [0.05, 0.1) is 0 Å². The van der Waals surface area contributed by atoms with Crippen LogP contribution in [0.2, 0.25) is 10.0 Å². The summed E-state index contributed by atoms with van der Waals surface area (Å²) < 4.78 is 0. The molecule has 0 spiro atoms. The minimum Gasteiger partial charge on any atom is -0.335 e. The maximum atomic E-state index is 13.5. The van der Waals surface area contributed by atoms with E-state index in [0.717, 1.165) is 19.3 Å². The van der Waals surface area contributed by atoms with E-state index in [2.05, 4.69) is 29.0 Å². The van der Waals surface area contributed by atoms with Gasteiger partial charge in [-0.15, -0.1) is 0 Å². The molecule has 2 fully saturated rings. The number of amides is 1. The standard InChI is InChI=1S/C23H26Cl2N2O/c1-26-20-7-8-21(26)15-22(14-20)27(10-9-16-5-3-2-4-6-16)23(28)17-11-18(24)13-19(25)12-17/h2-6,11-13,20-22H,7-10,14-15H2,1H3/t20-,21-/m1/s1. The van der Waals surface area contributed by atoms with Crippen LogP contribution in [-0.2, 0) is 6.42 Å². The lowest BCUT2D eigenvalue weighted by Crippen LogP contribution is -2.51. The Balaban J connectivity index is 1.58. The monoisotopic (exact) mass is 416 g/mol. The van der Waals surface area contributed by atoms with Crippen LogP contribution in [0, 0.1) is 0 Å². The van der Waals surface area contributed by atoms with E-state index in [1.165, 1.54) is 18.4 Å². The molecule has 148 valence electrons. The molecule has 2 bridgehead atoms. The molecule has 3 nitrogen and oxygen atoms in total. The highest BCUT2D eigenvalue weighted by molar-refractivity contribution is 6.35. The second kappa shape index (κ2) is 8.44. The number of carbonyl (C=O) groups is 1. The third-order valence-electron chi connectivity index (χ3n) is 6.37. The first-order valence-corrected chi connectivity index (χ1v) is 10.8. The molecule has 2 aromatic carbocycles. The van der Waals surface area contributed by atoms with E-state index < -0.39 is 0 Å². The Hall–Kier alpha value is -1.55. The van der Waals surface area contributed by atoms with Crippen molar-refractivity contribution in [2.75, 3.05) is 13.6 Å². The van der Waals surface area contributed by atoms with Gasteiger partial charge in [-0.2, -0.15) is 0 Å². The maximum absolute atomic E-state index is 13.5. The number of benzene rings is 2. The van der Waals surface area contributed by atoms with Gasteiger partial charge in [0.1, 0.15) is 0 Å². The summed E-state index contributed by atoms with van der Waals surface area (Å²) in [4.78, 5) is 18.1. The summed E-state index contributed by atoms with van der Waals surface area (Å²) in [7, 11) is 2.23. The molecule has 0 radical (unpaired) electrons. The molecule has 0 aromatic heterocycles. The Labute approximate surface area is 177 Å². The quantitative estimate of drug-likeness (QED) is 0.659. The molecule has 4 rings (SSSR count). The third-order valence-corrected chi connectivity index (χ3v) is 6.81. The fourth-order valence-electron chi connectivity index (χ4n) is 4.82. The molecule has 2 aromatic rings. The highest BCUT2D eigenvalue weighted by Gasteiger charge is 2.41. The molecule has 0 saturated carbocycles. The smallest absolute Gasteiger partial charge is 0.254 e. The first kappa shape index (κ1) is 19.8. The first-order chi connectivity index (χ1) is 13.5. The van der Waals surface area contributed by atoms with Crippen molar-refractivity contribution in [3.05, 3.63) is 69.7 Å². The zero-order chi connectivity index (χ0) is 19.7. The number of halogens is 2. The lowest BCUT2D eigenvalue weighted by molar-refractivity contribution is 0.0488. The van der Waals surface area contributed by atoms with Crippen LogP contribution in [0.3, 0.4) is 0 Å². The fourth-order valence-corrected chi connectivity index (χ4v) is 5.35. The van der Waals surface area contributed by atoms with Gasteiger partial charge in [0.15, 0.2) is 0 Å². The molecule has 2 aliphatic heterocycles. The Morgan fingerprint density at radius 2 is 1.64 bits per heavy atom. The summed E-state index contributed by atoms with van der Waals surface area (Å²) in [6.07, 6.45) is 5.41. The number of carbonyl (C=O) groups excluding carboxylic acids is 1. The average Bonchev–Trinajstić information content (AvgIpc) is 2.89. The van der Waals surface area contributed by atoms with Gasteiger partial charge in [0, 0.05) is 40.3 Å². The van der Waals surface area contributed by atoms with E-state index in [9.17, 15) is 4.79 Å². The molecule has 2 aliphatic rings. The van der Waals surface area contributed by atoms with Crippen LogP contribution in [0.5, 0.6) is 0 Å². The number of fused-ring (bicyclic) bond motifs is 2. The van der Waals surface area contributed by atoms with Crippen molar-refractivity contribution < 1.29 is 4.79 Å². The van der Waals surface area contributed by atoms with Gasteiger partial charge in [-0.25, -0.2) is 0 Å². The minimum absolute atomic E-state index is 0.0364. The van der Waals surface area contributed by atoms with Crippen molar-refractivity contribution >= 4 is 29.1 Å². The summed E-state index contributed by atoms with van der Waals surface area (Å²) in [5, 5.41) is 1.00. The van der Waals surface area contributed by atoms with Crippen LogP contribution in [0.4, 0.5) is 0 Å². The largest absolute Gasteiger partial charge is 0.335 e. The number of rotatable bonds is 5. The predicted molar refractivity (Wildman–Crippen MR) is 115 cm³/mol. The van der Waals surface area contributed by atoms with Crippen molar-refractivity contribution in [2.45, 2.75) is 50.2 Å². The normalized spacial score (nSPS) is 24.3. The van der Waals surface area contributed by atoms with Crippen LogP contribution in [0.1, 0.15) is 41.6 Å². The summed E-state index contributed by atoms with van der Waals surface area (Å²) in [5.74, 6) is 0.0364. The SMILES string of the molecule is CN1[C@@H]2CC[C@@H]1CC(N(CCc1ccccc1)C(=O)c1cc(Cl)cc(Cl)c1)C2. The molecule has 0 N–H and O–H groups in total. The van der Waals surface area contributed by atoms with Crippen molar-refractivity contribution in [2.24, 2.45) is 0 Å². The molecule has 2 atom stereocenters. The molecule has 0 aliphatic carbocycles. The highest BCUT2D eigenvalue weighted by Crippen LogP contribution is 2.37. The lowest BCUT2D eigenvalue weighted by Gasteiger charge is -2.42. The van der Waals surface area contributed by atoms with E-state index in [4.69, 9.17) is 23.2 Å². The van der Waals surface area contributed by atoms with Gasteiger partial charge in [-0.1, -0.05) is 53.5 Å². The van der Waals surface area contributed by atoms with Crippen LogP contribution in [0.15, 0.2) is 48.5 Å². The Morgan fingerprint density at radius 1 is 1.04 bits per heavy atom. The van der Waals surface area contributed by atoms with E-state index in [-0.39, 0.29) is 11.9 Å². The molecule has 5 heteroatoms. The molecular formula is C23H26Cl2N2O. The van der Waals surface area contributed by atoms with Gasteiger partial charge in [0.2, 0.25) is 0 Å². The van der Waals surface area contributed by atoms with Gasteiger partial charge < -0.3 is 9.80 Å². The molecule has 2 saturated heterocycles. The van der Waals surface area contributed by atoms with Gasteiger partial charge in [-0.05, 0) is 62.9 Å². The van der Waals surface area contributed by atoms with Crippen LogP contribution < -0.4 is 0 Å². The third kappa shape index (κ3) is 4.22. The Morgan fingerprint density at radius 3 is 2.25 bits per heavy atom. The predicted octanol–water partition coefficient (Wildman–Crippen LogP) is 5.30. The van der Waals surface area contributed by atoms with Gasteiger partial charge in [-0.3, -0.25) is 4.79 Å². The van der Waals surface area contributed by atoms with Crippen molar-refractivity contribution in [3.8, 4) is 0 Å². The first-order valence-electron chi connectivity index (χ1n) is 10.0. The van der Waals surface area contributed by atoms with Gasteiger partial charge >= 0.3 is 0 Å². The van der Waals surface area contributed by atoms with E-state index in [1.54, 1.807) is 18.2 Å². The van der Waals surface area contributed by atoms with Crippen LogP contribution >= 0.6 is 23.2 Å². The molecule has 1 amide bonds. The molecule has 28 heavy (non-hydrogen) atoms. The molecule has 2 heterocycles. The summed E-state index contributed by atoms with van der Waals surface area (Å²) in [6, 6.07) is 16.9. The van der Waals surface area contributed by atoms with E-state index >= 15 is 0 Å². The zero-order valence-corrected chi connectivity index (χ0v) is 17.7. The van der Waals surface area contributed by atoms with Gasteiger partial charge in [0.25, 0.3) is 5.91 Å². The molecular weight excluding hydrogens is 391 g/mol. The van der Waals surface area contributed by atoms with E-state index in [1.807, 2.05) is 18.2 Å². The lowest BCUT2D eigenvalue weighted by atomic mass is 9.95. The van der Waals surface area contributed by atoms with E-state index in [0.29, 0.717) is 34.2 Å². The van der Waals surface area contributed by atoms with Crippen molar-refractivity contribution in [3.63, 3.8) is 0 Å². The number of hydrogen-bond acceptors (Lipinski definition) is 2. The summed E-state index contributed by atoms with van der Waals surface area (Å²) in [6.45, 7) is 0.709. The zero-order valence-electron chi connectivity index (χ0n) is 16.2. The van der Waals surface area contributed by atoms with Crippen molar-refractivity contribution in [1.29, 1.82) is 0 Å². The van der Waals surface area contributed by atoms with Crippen LogP contribution in [-0.4, -0.2) is 47.4 Å². The second-order valence-electron chi connectivity index (χ2n) is 8.07. The number of nitrogens with zero attached hydrogens (tertiary/aromatic N) is 2. The Kier molecular flexibility index (Phi) is 5.96. The maximum Gasteiger partial charge on any atom is 0.254 e. The Bertz CT molecular complexity index is 808.